The van der Waals surface area contributed by atoms with Gasteiger partial charge in [-0.05, 0) is 28.1 Å². The maximum Gasteiger partial charge on any atom is 0.228 e. The summed E-state index contributed by atoms with van der Waals surface area (Å²) >= 11 is 6.79. The number of rotatable bonds is 1. The molecule has 0 spiro atoms. The molecule has 1 aliphatic heterocycles. The molecule has 15 heavy (non-hydrogen) atoms. The van der Waals surface area contributed by atoms with Crippen molar-refractivity contribution in [3.8, 4) is 5.75 Å². The van der Waals surface area contributed by atoms with Crippen LogP contribution in [0.5, 0.6) is 5.75 Å². The Kier molecular flexibility index (Phi) is 3.02. The summed E-state index contributed by atoms with van der Waals surface area (Å²) in [5, 5.41) is 9.38. The highest BCUT2D eigenvalue weighted by Gasteiger charge is 2.29. The molecule has 1 aliphatic rings. The number of phenolic OH excluding ortho intramolecular Hbond substituents is 1. The van der Waals surface area contributed by atoms with Crippen LogP contribution >= 0.6 is 31.9 Å². The van der Waals surface area contributed by atoms with Gasteiger partial charge >= 0.3 is 0 Å². The molecular formula is C10H9Br2NO2. The Morgan fingerprint density at radius 3 is 2.80 bits per heavy atom. The molecule has 1 unspecified atom stereocenters. The van der Waals surface area contributed by atoms with Gasteiger partial charge in [0.15, 0.2) is 0 Å². The highest BCUT2D eigenvalue weighted by atomic mass is 79.9. The van der Waals surface area contributed by atoms with E-state index in [0.717, 1.165) is 10.2 Å². The maximum atomic E-state index is 11.6. The molecular weight excluding hydrogens is 326 g/mol. The van der Waals surface area contributed by atoms with Crippen LogP contribution in [0.25, 0.3) is 0 Å². The van der Waals surface area contributed by atoms with Crippen molar-refractivity contribution in [1.29, 1.82) is 0 Å². The highest BCUT2D eigenvalue weighted by Crippen LogP contribution is 2.33. The van der Waals surface area contributed by atoms with Gasteiger partial charge in [-0.1, -0.05) is 15.9 Å². The number of benzene rings is 1. The van der Waals surface area contributed by atoms with Crippen LogP contribution in [0.15, 0.2) is 22.7 Å². The molecule has 0 saturated carbocycles. The van der Waals surface area contributed by atoms with Gasteiger partial charge in [-0.25, -0.2) is 0 Å². The fourth-order valence-corrected chi connectivity index (χ4v) is 2.63. The average Bonchev–Trinajstić information content (AvgIpc) is 2.50. The van der Waals surface area contributed by atoms with E-state index in [9.17, 15) is 9.90 Å². The Bertz CT molecular complexity index is 408. The molecule has 1 atom stereocenters. The second kappa shape index (κ2) is 4.14. The lowest BCUT2D eigenvalue weighted by Gasteiger charge is -2.17. The molecule has 2 rings (SSSR count). The molecule has 1 N–H and O–H groups in total. The topological polar surface area (TPSA) is 40.5 Å². The van der Waals surface area contributed by atoms with Crippen LogP contribution in [-0.2, 0) is 4.79 Å². The molecule has 5 heteroatoms. The van der Waals surface area contributed by atoms with E-state index in [1.165, 1.54) is 0 Å². The molecule has 0 aliphatic carbocycles. The van der Waals surface area contributed by atoms with Gasteiger partial charge < -0.3 is 10.0 Å². The largest absolute Gasteiger partial charge is 0.508 e. The van der Waals surface area contributed by atoms with Crippen molar-refractivity contribution >= 4 is 43.5 Å². The number of aromatic hydroxyl groups is 1. The molecule has 1 amide bonds. The van der Waals surface area contributed by atoms with Crippen molar-refractivity contribution in [1.82, 2.24) is 0 Å². The fourth-order valence-electron chi connectivity index (χ4n) is 1.60. The van der Waals surface area contributed by atoms with Crippen LogP contribution in [-0.4, -0.2) is 22.4 Å². The van der Waals surface area contributed by atoms with Crippen molar-refractivity contribution in [3.63, 3.8) is 0 Å². The maximum absolute atomic E-state index is 11.6. The Balaban J connectivity index is 2.37. The molecule has 0 aromatic heterocycles. The van der Waals surface area contributed by atoms with E-state index < -0.39 is 0 Å². The van der Waals surface area contributed by atoms with Crippen LogP contribution in [0.2, 0.25) is 0 Å². The van der Waals surface area contributed by atoms with Crippen LogP contribution < -0.4 is 4.90 Å². The molecule has 1 fully saturated rings. The van der Waals surface area contributed by atoms with Gasteiger partial charge in [-0.15, -0.1) is 0 Å². The Morgan fingerprint density at radius 2 is 2.20 bits per heavy atom. The minimum absolute atomic E-state index is 0.0724. The number of amides is 1. The zero-order valence-electron chi connectivity index (χ0n) is 7.78. The minimum Gasteiger partial charge on any atom is -0.508 e. The SMILES string of the molecule is O=C1CC(Br)CN1c1cc(O)ccc1Br. The Morgan fingerprint density at radius 1 is 1.47 bits per heavy atom. The normalized spacial score (nSPS) is 21.1. The third-order valence-corrected chi connectivity index (χ3v) is 3.58. The lowest BCUT2D eigenvalue weighted by molar-refractivity contribution is -0.117. The van der Waals surface area contributed by atoms with E-state index in [1.54, 1.807) is 23.1 Å². The molecule has 0 bridgehead atoms. The summed E-state index contributed by atoms with van der Waals surface area (Å²) in [5.41, 5.74) is 0.724. The minimum atomic E-state index is 0.0724. The van der Waals surface area contributed by atoms with Gasteiger partial charge in [0.1, 0.15) is 5.75 Å². The van der Waals surface area contributed by atoms with Gasteiger partial charge in [0.05, 0.1) is 5.69 Å². The third kappa shape index (κ3) is 2.18. The summed E-state index contributed by atoms with van der Waals surface area (Å²) in [6.45, 7) is 0.640. The first-order valence-corrected chi connectivity index (χ1v) is 6.22. The predicted molar refractivity (Wildman–Crippen MR) is 65.5 cm³/mol. The number of anilines is 1. The summed E-state index contributed by atoms with van der Waals surface area (Å²) in [4.78, 5) is 13.5. The van der Waals surface area contributed by atoms with Crippen molar-refractivity contribution in [3.05, 3.63) is 22.7 Å². The van der Waals surface area contributed by atoms with E-state index in [4.69, 9.17) is 0 Å². The van der Waals surface area contributed by atoms with Gasteiger partial charge in [0, 0.05) is 28.3 Å². The first-order valence-electron chi connectivity index (χ1n) is 4.51. The summed E-state index contributed by atoms with van der Waals surface area (Å²) in [5.74, 6) is 0.238. The standard InChI is InChI=1S/C10H9Br2NO2/c11-6-3-10(15)13(5-6)9-4-7(14)1-2-8(9)12/h1-2,4,6,14H,3,5H2. The lowest BCUT2D eigenvalue weighted by atomic mass is 10.3. The fraction of sp³-hybridized carbons (Fsp3) is 0.300. The van der Waals surface area contributed by atoms with Crippen LogP contribution in [0, 0.1) is 0 Å². The zero-order valence-corrected chi connectivity index (χ0v) is 11.0. The first-order chi connectivity index (χ1) is 7.08. The van der Waals surface area contributed by atoms with E-state index in [1.807, 2.05) is 0 Å². The molecule has 1 aromatic carbocycles. The first kappa shape index (κ1) is 11.0. The Hall–Kier alpha value is -0.550. The number of nitrogens with zero attached hydrogens (tertiary/aromatic N) is 1. The smallest absolute Gasteiger partial charge is 0.228 e. The van der Waals surface area contributed by atoms with Crippen molar-refractivity contribution in [2.75, 3.05) is 11.4 Å². The number of hydrogen-bond acceptors (Lipinski definition) is 2. The predicted octanol–water partition coefficient (Wildman–Crippen LogP) is 2.65. The van der Waals surface area contributed by atoms with Gasteiger partial charge in [0.25, 0.3) is 0 Å². The molecule has 80 valence electrons. The monoisotopic (exact) mass is 333 g/mol. The number of halogens is 2. The number of carbonyl (C=O) groups excluding carboxylic acids is 1. The van der Waals surface area contributed by atoms with Crippen molar-refractivity contribution in [2.24, 2.45) is 0 Å². The third-order valence-electron chi connectivity index (χ3n) is 2.30. The van der Waals surface area contributed by atoms with Crippen molar-refractivity contribution < 1.29 is 9.90 Å². The number of carbonyl (C=O) groups is 1. The second-order valence-corrected chi connectivity index (χ2v) is 5.59. The van der Waals surface area contributed by atoms with Gasteiger partial charge in [-0.2, -0.15) is 0 Å². The van der Waals surface area contributed by atoms with E-state index in [2.05, 4.69) is 31.9 Å². The molecule has 1 heterocycles. The molecule has 0 radical (unpaired) electrons. The summed E-state index contributed by atoms with van der Waals surface area (Å²) in [6.07, 6.45) is 0.502. The lowest BCUT2D eigenvalue weighted by Crippen LogP contribution is -2.24. The van der Waals surface area contributed by atoms with E-state index >= 15 is 0 Å². The van der Waals surface area contributed by atoms with Crippen LogP contribution in [0.3, 0.4) is 0 Å². The quantitative estimate of drug-likeness (QED) is 0.802. The second-order valence-electron chi connectivity index (χ2n) is 3.44. The van der Waals surface area contributed by atoms with Crippen LogP contribution in [0.1, 0.15) is 6.42 Å². The number of phenols is 1. The average molecular weight is 335 g/mol. The summed E-state index contributed by atoms with van der Waals surface area (Å²) in [7, 11) is 0. The number of hydrogen-bond donors (Lipinski definition) is 1. The molecule has 1 aromatic rings. The molecule has 3 nitrogen and oxygen atoms in total. The van der Waals surface area contributed by atoms with E-state index in [0.29, 0.717) is 13.0 Å². The summed E-state index contributed by atoms with van der Waals surface area (Å²) < 4.78 is 0.815. The number of alkyl halides is 1. The highest BCUT2D eigenvalue weighted by molar-refractivity contribution is 9.10. The van der Waals surface area contributed by atoms with E-state index in [-0.39, 0.29) is 16.5 Å². The summed E-state index contributed by atoms with van der Waals surface area (Å²) in [6, 6.07) is 4.91. The Labute approximate surface area is 104 Å². The van der Waals surface area contributed by atoms with Gasteiger partial charge in [-0.3, -0.25) is 4.79 Å². The van der Waals surface area contributed by atoms with Gasteiger partial charge in [0.2, 0.25) is 5.91 Å². The van der Waals surface area contributed by atoms with Crippen LogP contribution in [0.4, 0.5) is 5.69 Å². The molecule has 1 saturated heterocycles. The zero-order chi connectivity index (χ0) is 11.0. The van der Waals surface area contributed by atoms with Crippen molar-refractivity contribution in [2.45, 2.75) is 11.2 Å².